The van der Waals surface area contributed by atoms with Crippen molar-refractivity contribution in [3.8, 4) is 11.3 Å². The summed E-state index contributed by atoms with van der Waals surface area (Å²) < 4.78 is 7.58. The van der Waals surface area contributed by atoms with Crippen LogP contribution in [0.3, 0.4) is 0 Å². The van der Waals surface area contributed by atoms with Crippen LogP contribution in [0.15, 0.2) is 73.2 Å². The molecule has 39 heavy (non-hydrogen) atoms. The molecule has 0 spiro atoms. The Hall–Kier alpha value is -3.99. The summed E-state index contributed by atoms with van der Waals surface area (Å²) in [5.74, 6) is -1.54. The maximum Gasteiger partial charge on any atom is 0.361 e. The zero-order chi connectivity index (χ0) is 26.5. The maximum atomic E-state index is 13.3. The minimum absolute atomic E-state index is 0. The van der Waals surface area contributed by atoms with Gasteiger partial charge in [0.05, 0.1) is 24.1 Å². The Morgan fingerprint density at radius 3 is 2.62 bits per heavy atom. The smallest absolute Gasteiger partial charge is 0.361 e. The minimum Gasteiger partial charge on any atom is -0.442 e. The second-order valence-electron chi connectivity index (χ2n) is 8.87. The van der Waals surface area contributed by atoms with E-state index in [1.54, 1.807) is 60.8 Å². The summed E-state index contributed by atoms with van der Waals surface area (Å²) in [7, 11) is 0. The van der Waals surface area contributed by atoms with E-state index in [4.69, 9.17) is 22.1 Å². The Labute approximate surface area is 236 Å². The van der Waals surface area contributed by atoms with Crippen LogP contribution in [0.25, 0.3) is 11.3 Å². The topological polar surface area (TPSA) is 137 Å². The molecule has 12 heteroatoms. The van der Waals surface area contributed by atoms with Crippen molar-refractivity contribution < 1.29 is 14.3 Å². The molecule has 10 nitrogen and oxygen atoms in total. The first-order chi connectivity index (χ1) is 18.5. The van der Waals surface area contributed by atoms with E-state index in [1.165, 1.54) is 6.20 Å². The number of nitrogens with one attached hydrogen (secondary N) is 2. The van der Waals surface area contributed by atoms with Gasteiger partial charge < -0.3 is 21.1 Å². The van der Waals surface area contributed by atoms with Gasteiger partial charge in [-0.3, -0.25) is 9.48 Å². The average molecular weight is 568 g/mol. The molecule has 4 aromatic rings. The molecule has 1 amide bonds. The lowest BCUT2D eigenvalue weighted by Crippen LogP contribution is -2.29. The molecule has 3 heterocycles. The van der Waals surface area contributed by atoms with Crippen molar-refractivity contribution in [3.63, 3.8) is 0 Å². The average Bonchev–Trinajstić information content (AvgIpc) is 3.43. The molecule has 5 rings (SSSR count). The molecule has 0 saturated carbocycles. The van der Waals surface area contributed by atoms with Gasteiger partial charge in [-0.2, -0.15) is 5.10 Å². The van der Waals surface area contributed by atoms with E-state index in [1.807, 2.05) is 10.9 Å². The monoisotopic (exact) mass is 567 g/mol. The highest BCUT2D eigenvalue weighted by molar-refractivity contribution is 6.30. The van der Waals surface area contributed by atoms with Crippen molar-refractivity contribution in [2.45, 2.75) is 25.0 Å². The van der Waals surface area contributed by atoms with E-state index in [2.05, 4.69) is 25.7 Å². The summed E-state index contributed by atoms with van der Waals surface area (Å²) in [6, 6.07) is 15.6. The molecule has 1 aliphatic heterocycles. The molecule has 1 aliphatic rings. The van der Waals surface area contributed by atoms with Crippen molar-refractivity contribution >= 4 is 47.4 Å². The van der Waals surface area contributed by atoms with Gasteiger partial charge in [0, 0.05) is 28.0 Å². The molecule has 0 aliphatic carbocycles. The highest BCUT2D eigenvalue weighted by atomic mass is 35.5. The van der Waals surface area contributed by atoms with E-state index >= 15 is 0 Å². The fourth-order valence-electron chi connectivity index (χ4n) is 4.27. The molecular weight excluding hydrogens is 541 g/mol. The normalized spacial score (nSPS) is 14.2. The molecule has 202 valence electrons. The van der Waals surface area contributed by atoms with Crippen LogP contribution in [0, 0.1) is 0 Å². The predicted octanol–water partition coefficient (Wildman–Crippen LogP) is 4.46. The van der Waals surface area contributed by atoms with Crippen molar-refractivity contribution in [2.75, 3.05) is 24.1 Å². The van der Waals surface area contributed by atoms with Gasteiger partial charge in [0.15, 0.2) is 11.5 Å². The summed E-state index contributed by atoms with van der Waals surface area (Å²) in [5.41, 5.74) is 7.88. The number of esters is 1. The third kappa shape index (κ3) is 6.72. The fourth-order valence-corrected chi connectivity index (χ4v) is 4.46. The number of amides is 1. The number of carbonyl (C=O) groups excluding carboxylic acids is 2. The van der Waals surface area contributed by atoms with Crippen molar-refractivity contribution in [1.82, 2.24) is 25.1 Å². The quantitative estimate of drug-likeness (QED) is 0.278. The Morgan fingerprint density at radius 1 is 1.10 bits per heavy atom. The van der Waals surface area contributed by atoms with E-state index in [0.29, 0.717) is 33.6 Å². The van der Waals surface area contributed by atoms with Crippen LogP contribution in [-0.2, 0) is 9.53 Å². The number of nitrogens with zero attached hydrogens (tertiary/aromatic N) is 4. The third-order valence-electron chi connectivity index (χ3n) is 6.23. The summed E-state index contributed by atoms with van der Waals surface area (Å²) in [5, 5.41) is 11.0. The standard InChI is InChI=1S/C27H26ClN7O3.ClH/c28-19-7-4-8-20(13-19)33-26(36)24(17-5-2-1-3-6-17)38-27(37)23-25(29)31-15-22(34-23)18-14-32-35(16-18)21-9-11-30-12-10-21;/h1-8,13-16,21,24,30H,9-12H2,(H2,29,31)(H,33,36);1H/t24-;/m1./s1. The number of benzene rings is 2. The number of nitrogens with two attached hydrogens (primary N) is 1. The van der Waals surface area contributed by atoms with E-state index < -0.39 is 18.0 Å². The fraction of sp³-hybridized carbons (Fsp3) is 0.222. The molecule has 0 radical (unpaired) electrons. The molecule has 1 atom stereocenters. The Balaban J connectivity index is 0.00000353. The van der Waals surface area contributed by atoms with Crippen LogP contribution < -0.4 is 16.4 Å². The molecule has 4 N–H and O–H groups in total. The molecule has 0 bridgehead atoms. The summed E-state index contributed by atoms with van der Waals surface area (Å²) in [6.45, 7) is 1.87. The van der Waals surface area contributed by atoms with Crippen LogP contribution in [0.5, 0.6) is 0 Å². The lowest BCUT2D eigenvalue weighted by Gasteiger charge is -2.22. The van der Waals surface area contributed by atoms with Gasteiger partial charge in [0.25, 0.3) is 5.91 Å². The number of halogens is 2. The Kier molecular flexibility index (Phi) is 9.13. The number of rotatable bonds is 7. The summed E-state index contributed by atoms with van der Waals surface area (Å²) in [4.78, 5) is 35.0. The summed E-state index contributed by atoms with van der Waals surface area (Å²) >= 11 is 6.04. The highest BCUT2D eigenvalue weighted by Gasteiger charge is 2.28. The van der Waals surface area contributed by atoms with Gasteiger partial charge in [0.1, 0.15) is 0 Å². The first kappa shape index (κ1) is 28.0. The first-order valence-corrected chi connectivity index (χ1v) is 12.6. The van der Waals surface area contributed by atoms with Crippen LogP contribution in [0.2, 0.25) is 5.02 Å². The summed E-state index contributed by atoms with van der Waals surface area (Å²) in [6.07, 6.45) is 5.74. The lowest BCUT2D eigenvalue weighted by molar-refractivity contribution is -0.125. The number of hydrogen-bond acceptors (Lipinski definition) is 8. The predicted molar refractivity (Wildman–Crippen MR) is 151 cm³/mol. The van der Waals surface area contributed by atoms with Crippen LogP contribution >= 0.6 is 24.0 Å². The lowest BCUT2D eigenvalue weighted by atomic mass is 10.1. The molecular formula is C27H27Cl2N7O3. The van der Waals surface area contributed by atoms with Crippen molar-refractivity contribution in [1.29, 1.82) is 0 Å². The number of hydrogen-bond donors (Lipinski definition) is 3. The second kappa shape index (κ2) is 12.7. The highest BCUT2D eigenvalue weighted by Crippen LogP contribution is 2.26. The Morgan fingerprint density at radius 2 is 1.87 bits per heavy atom. The van der Waals surface area contributed by atoms with E-state index in [-0.39, 0.29) is 23.9 Å². The molecule has 1 saturated heterocycles. The number of aromatic nitrogens is 4. The van der Waals surface area contributed by atoms with Gasteiger partial charge in [-0.25, -0.2) is 14.8 Å². The van der Waals surface area contributed by atoms with Crippen molar-refractivity contribution in [3.05, 3.63) is 89.5 Å². The largest absolute Gasteiger partial charge is 0.442 e. The minimum atomic E-state index is -1.27. The zero-order valence-electron chi connectivity index (χ0n) is 20.8. The first-order valence-electron chi connectivity index (χ1n) is 12.2. The van der Waals surface area contributed by atoms with Gasteiger partial charge in [-0.1, -0.05) is 48.0 Å². The molecule has 2 aromatic carbocycles. The van der Waals surface area contributed by atoms with E-state index in [0.717, 1.165) is 25.9 Å². The number of anilines is 2. The number of piperidine rings is 1. The maximum absolute atomic E-state index is 13.3. The van der Waals surface area contributed by atoms with Gasteiger partial charge in [0.2, 0.25) is 6.10 Å². The molecule has 2 aromatic heterocycles. The zero-order valence-corrected chi connectivity index (χ0v) is 22.4. The SMILES string of the molecule is Cl.Nc1ncc(-c2cnn(C3CCNCC3)c2)nc1C(=O)O[C@@H](C(=O)Nc1cccc(Cl)c1)c1ccccc1. The van der Waals surface area contributed by atoms with Gasteiger partial charge in [-0.15, -0.1) is 12.4 Å². The molecule has 1 fully saturated rings. The van der Waals surface area contributed by atoms with Crippen LogP contribution in [-0.4, -0.2) is 44.7 Å². The number of carbonyl (C=O) groups is 2. The van der Waals surface area contributed by atoms with Gasteiger partial charge >= 0.3 is 5.97 Å². The second-order valence-corrected chi connectivity index (χ2v) is 9.31. The third-order valence-corrected chi connectivity index (χ3v) is 6.47. The number of ether oxygens (including phenoxy) is 1. The van der Waals surface area contributed by atoms with E-state index in [9.17, 15) is 9.59 Å². The molecule has 0 unspecified atom stereocenters. The van der Waals surface area contributed by atoms with Crippen molar-refractivity contribution in [2.24, 2.45) is 0 Å². The van der Waals surface area contributed by atoms with Crippen LogP contribution in [0.1, 0.15) is 41.0 Å². The number of nitrogen functional groups attached to an aromatic ring is 1. The van der Waals surface area contributed by atoms with Crippen LogP contribution in [0.4, 0.5) is 11.5 Å². The van der Waals surface area contributed by atoms with Gasteiger partial charge in [-0.05, 0) is 44.1 Å². The Bertz CT molecular complexity index is 1440.